The van der Waals surface area contributed by atoms with Crippen LogP contribution in [0.1, 0.15) is 30.0 Å². The number of hydrogen-bond acceptors (Lipinski definition) is 1. The Morgan fingerprint density at radius 1 is 1.09 bits per heavy atom. The number of carbonyl (C=O) groups excluding carboxylic acids is 1. The Kier molecular flexibility index (Phi) is 5.87. The van der Waals surface area contributed by atoms with Gasteiger partial charge >= 0.3 is 0 Å². The zero-order valence-electron chi connectivity index (χ0n) is 12.7. The lowest BCUT2D eigenvalue weighted by Gasteiger charge is -2.13. The van der Waals surface area contributed by atoms with Gasteiger partial charge in [0.1, 0.15) is 0 Å². The van der Waals surface area contributed by atoms with Crippen LogP contribution in [-0.4, -0.2) is 5.91 Å². The number of anilines is 1. The number of benzene rings is 2. The van der Waals surface area contributed by atoms with Crippen molar-refractivity contribution in [2.75, 3.05) is 5.32 Å². The third-order valence-electron chi connectivity index (χ3n) is 3.67. The number of halogens is 2. The van der Waals surface area contributed by atoms with E-state index in [9.17, 15) is 4.79 Å². The Labute approximate surface area is 141 Å². The molecule has 0 aromatic heterocycles. The van der Waals surface area contributed by atoms with E-state index in [1.807, 2.05) is 25.1 Å². The van der Waals surface area contributed by atoms with Gasteiger partial charge in [0.05, 0.1) is 0 Å². The predicted octanol–water partition coefficient (Wildman–Crippen LogP) is 5.44. The summed E-state index contributed by atoms with van der Waals surface area (Å²) in [5.41, 5.74) is 3.95. The maximum Gasteiger partial charge on any atom is 0.224 e. The second kappa shape index (κ2) is 7.66. The highest BCUT2D eigenvalue weighted by atomic mass is 35.5. The van der Waals surface area contributed by atoms with Crippen molar-refractivity contribution in [2.24, 2.45) is 0 Å². The van der Waals surface area contributed by atoms with Gasteiger partial charge in [0.2, 0.25) is 5.91 Å². The molecule has 0 unspecified atom stereocenters. The van der Waals surface area contributed by atoms with Gasteiger partial charge in [-0.25, -0.2) is 0 Å². The molecule has 22 heavy (non-hydrogen) atoms. The lowest BCUT2D eigenvalue weighted by Crippen LogP contribution is -2.14. The third-order valence-corrected chi connectivity index (χ3v) is 4.38. The van der Waals surface area contributed by atoms with Crippen LogP contribution in [0.4, 0.5) is 5.69 Å². The van der Waals surface area contributed by atoms with Gasteiger partial charge in [0.15, 0.2) is 0 Å². The molecule has 0 saturated heterocycles. The molecule has 0 aliphatic rings. The van der Waals surface area contributed by atoms with E-state index in [0.29, 0.717) is 22.9 Å². The summed E-state index contributed by atoms with van der Waals surface area (Å²) in [6, 6.07) is 11.4. The van der Waals surface area contributed by atoms with Crippen LogP contribution in [0.25, 0.3) is 0 Å². The maximum absolute atomic E-state index is 12.2. The van der Waals surface area contributed by atoms with Gasteiger partial charge in [-0.15, -0.1) is 0 Å². The summed E-state index contributed by atoms with van der Waals surface area (Å²) < 4.78 is 0. The monoisotopic (exact) mass is 335 g/mol. The largest absolute Gasteiger partial charge is 0.326 e. The summed E-state index contributed by atoms with van der Waals surface area (Å²) in [5.74, 6) is -0.0278. The Balaban J connectivity index is 2.05. The zero-order valence-corrected chi connectivity index (χ0v) is 14.3. The van der Waals surface area contributed by atoms with Crippen LogP contribution in [0, 0.1) is 6.92 Å². The third kappa shape index (κ3) is 4.02. The molecular weight excluding hydrogens is 317 g/mol. The predicted molar refractivity (Wildman–Crippen MR) is 94.0 cm³/mol. The molecule has 0 heterocycles. The Morgan fingerprint density at radius 2 is 1.73 bits per heavy atom. The first-order valence-corrected chi connectivity index (χ1v) is 8.09. The fourth-order valence-electron chi connectivity index (χ4n) is 2.41. The molecule has 0 bridgehead atoms. The lowest BCUT2D eigenvalue weighted by atomic mass is 10.0. The van der Waals surface area contributed by atoms with E-state index in [-0.39, 0.29) is 5.91 Å². The molecule has 0 saturated carbocycles. The standard InChI is InChI=1S/C18H19Cl2NO/c1-3-13-7-4-6-12(2)18(13)21-17(22)11-10-14-15(19)8-5-9-16(14)20/h4-9H,3,10-11H2,1-2H3,(H,21,22). The van der Waals surface area contributed by atoms with Crippen molar-refractivity contribution < 1.29 is 4.79 Å². The van der Waals surface area contributed by atoms with Crippen molar-refractivity contribution >= 4 is 34.8 Å². The molecule has 2 rings (SSSR count). The van der Waals surface area contributed by atoms with Crippen molar-refractivity contribution in [3.63, 3.8) is 0 Å². The van der Waals surface area contributed by atoms with Crippen molar-refractivity contribution in [2.45, 2.75) is 33.1 Å². The van der Waals surface area contributed by atoms with Crippen LogP contribution >= 0.6 is 23.2 Å². The van der Waals surface area contributed by atoms with Gasteiger partial charge in [0.25, 0.3) is 0 Å². The minimum Gasteiger partial charge on any atom is -0.326 e. The van der Waals surface area contributed by atoms with Crippen molar-refractivity contribution in [3.8, 4) is 0 Å². The summed E-state index contributed by atoms with van der Waals surface area (Å²) in [6.07, 6.45) is 1.76. The number of amides is 1. The first-order chi connectivity index (χ1) is 10.5. The number of carbonyl (C=O) groups is 1. The highest BCUT2D eigenvalue weighted by Gasteiger charge is 2.11. The van der Waals surface area contributed by atoms with Gasteiger partial charge in [-0.05, 0) is 48.6 Å². The molecule has 0 aliphatic carbocycles. The van der Waals surface area contributed by atoms with E-state index in [0.717, 1.165) is 28.8 Å². The molecule has 2 aromatic rings. The summed E-state index contributed by atoms with van der Waals surface area (Å²) in [4.78, 5) is 12.2. The SMILES string of the molecule is CCc1cccc(C)c1NC(=O)CCc1c(Cl)cccc1Cl. The maximum atomic E-state index is 12.2. The summed E-state index contributed by atoms with van der Waals surface area (Å²) in [6.45, 7) is 4.08. The Hall–Kier alpha value is -1.51. The van der Waals surface area contributed by atoms with Gasteiger partial charge < -0.3 is 5.32 Å². The first kappa shape index (κ1) is 16.9. The Bertz CT molecular complexity index is 663. The molecule has 0 spiro atoms. The summed E-state index contributed by atoms with van der Waals surface area (Å²) in [5, 5.41) is 4.22. The number of hydrogen-bond donors (Lipinski definition) is 1. The van der Waals surface area contributed by atoms with Crippen molar-refractivity contribution in [1.29, 1.82) is 0 Å². The van der Waals surface area contributed by atoms with Gasteiger partial charge in [-0.2, -0.15) is 0 Å². The highest BCUT2D eigenvalue weighted by molar-refractivity contribution is 6.36. The van der Waals surface area contributed by atoms with Crippen LogP contribution < -0.4 is 5.32 Å². The number of aryl methyl sites for hydroxylation is 2. The van der Waals surface area contributed by atoms with Crippen molar-refractivity contribution in [3.05, 3.63) is 63.1 Å². The molecule has 0 aliphatic heterocycles. The first-order valence-electron chi connectivity index (χ1n) is 7.34. The van der Waals surface area contributed by atoms with Crippen LogP contribution in [0.5, 0.6) is 0 Å². The average molecular weight is 336 g/mol. The van der Waals surface area contributed by atoms with Crippen LogP contribution in [0.3, 0.4) is 0 Å². The van der Waals surface area contributed by atoms with E-state index < -0.39 is 0 Å². The molecular formula is C18H19Cl2NO. The Morgan fingerprint density at radius 3 is 2.36 bits per heavy atom. The van der Waals surface area contributed by atoms with Gasteiger partial charge in [-0.1, -0.05) is 54.4 Å². The average Bonchev–Trinajstić information content (AvgIpc) is 2.49. The summed E-state index contributed by atoms with van der Waals surface area (Å²) in [7, 11) is 0. The highest BCUT2D eigenvalue weighted by Crippen LogP contribution is 2.26. The van der Waals surface area contributed by atoms with Crippen LogP contribution in [0.15, 0.2) is 36.4 Å². The number of nitrogens with one attached hydrogen (secondary N) is 1. The van der Waals surface area contributed by atoms with Crippen LogP contribution in [0.2, 0.25) is 10.0 Å². The van der Waals surface area contributed by atoms with Crippen LogP contribution in [-0.2, 0) is 17.6 Å². The molecule has 2 nitrogen and oxygen atoms in total. The summed E-state index contributed by atoms with van der Waals surface area (Å²) >= 11 is 12.3. The minimum atomic E-state index is -0.0278. The van der Waals surface area contributed by atoms with E-state index in [1.165, 1.54) is 0 Å². The fraction of sp³-hybridized carbons (Fsp3) is 0.278. The normalized spacial score (nSPS) is 10.5. The minimum absolute atomic E-state index is 0.0278. The van der Waals surface area contributed by atoms with E-state index in [2.05, 4.69) is 12.2 Å². The van der Waals surface area contributed by atoms with E-state index >= 15 is 0 Å². The number of para-hydroxylation sites is 1. The van der Waals surface area contributed by atoms with Gasteiger partial charge in [0, 0.05) is 22.2 Å². The molecule has 4 heteroatoms. The molecule has 2 aromatic carbocycles. The van der Waals surface area contributed by atoms with E-state index in [1.54, 1.807) is 18.2 Å². The number of rotatable bonds is 5. The van der Waals surface area contributed by atoms with Gasteiger partial charge in [-0.3, -0.25) is 4.79 Å². The smallest absolute Gasteiger partial charge is 0.224 e. The second-order valence-electron chi connectivity index (χ2n) is 5.21. The molecule has 0 fully saturated rings. The molecule has 116 valence electrons. The quantitative estimate of drug-likeness (QED) is 0.774. The van der Waals surface area contributed by atoms with Crippen molar-refractivity contribution in [1.82, 2.24) is 0 Å². The second-order valence-corrected chi connectivity index (χ2v) is 6.03. The molecule has 0 radical (unpaired) electrons. The molecule has 0 atom stereocenters. The lowest BCUT2D eigenvalue weighted by molar-refractivity contribution is -0.116. The molecule has 1 N–H and O–H groups in total. The van der Waals surface area contributed by atoms with E-state index in [4.69, 9.17) is 23.2 Å². The topological polar surface area (TPSA) is 29.1 Å². The molecule has 1 amide bonds. The zero-order chi connectivity index (χ0) is 16.1. The fourth-order valence-corrected chi connectivity index (χ4v) is 3.00.